The molecule has 0 spiro atoms. The number of likely N-dealkylation sites (tertiary alicyclic amines) is 1. The Kier molecular flexibility index (Phi) is 5.82. The topological polar surface area (TPSA) is 37.4 Å². The van der Waals surface area contributed by atoms with Crippen molar-refractivity contribution in [1.29, 1.82) is 0 Å². The number of sulfone groups is 1. The Morgan fingerprint density at radius 2 is 1.81 bits per heavy atom. The molecule has 0 amide bonds. The van der Waals surface area contributed by atoms with Gasteiger partial charge in [0.1, 0.15) is 0 Å². The first kappa shape index (κ1) is 16.5. The highest BCUT2D eigenvalue weighted by Gasteiger charge is 2.28. The van der Waals surface area contributed by atoms with Crippen LogP contribution >= 0.6 is 0 Å². The summed E-state index contributed by atoms with van der Waals surface area (Å²) in [4.78, 5) is 2.42. The van der Waals surface area contributed by atoms with Gasteiger partial charge in [0.2, 0.25) is 0 Å². The van der Waals surface area contributed by atoms with Gasteiger partial charge in [-0.3, -0.25) is 0 Å². The van der Waals surface area contributed by atoms with Crippen molar-refractivity contribution < 1.29 is 8.42 Å². The molecule has 0 unspecified atom stereocenters. The fourth-order valence-corrected chi connectivity index (χ4v) is 4.45. The molecular weight excluding hydrogens is 282 g/mol. The van der Waals surface area contributed by atoms with Gasteiger partial charge in [-0.25, -0.2) is 8.42 Å². The van der Waals surface area contributed by atoms with Crippen molar-refractivity contribution in [2.24, 2.45) is 0 Å². The van der Waals surface area contributed by atoms with Crippen LogP contribution in [0.2, 0.25) is 0 Å². The molecule has 3 nitrogen and oxygen atoms in total. The van der Waals surface area contributed by atoms with Gasteiger partial charge < -0.3 is 4.90 Å². The standard InChI is InChI=1S/C17H27NO2S/c1-3-21(19,20)17-10-13-18(14-11-17)12-9-15(2)16-7-5-4-6-8-16/h4-8,15,17H,3,9-14H2,1-2H3/t15-/m0/s1. The largest absolute Gasteiger partial charge is 0.303 e. The maximum absolute atomic E-state index is 11.9. The highest BCUT2D eigenvalue weighted by atomic mass is 32.2. The molecule has 2 rings (SSSR count). The summed E-state index contributed by atoms with van der Waals surface area (Å²) in [5, 5.41) is -0.106. The van der Waals surface area contributed by atoms with Crippen molar-refractivity contribution in [3.63, 3.8) is 0 Å². The van der Waals surface area contributed by atoms with Crippen LogP contribution in [0, 0.1) is 0 Å². The van der Waals surface area contributed by atoms with Gasteiger partial charge in [-0.15, -0.1) is 0 Å². The van der Waals surface area contributed by atoms with E-state index in [1.165, 1.54) is 5.56 Å². The summed E-state index contributed by atoms with van der Waals surface area (Å²) in [6.07, 6.45) is 2.74. The molecule has 1 atom stereocenters. The highest BCUT2D eigenvalue weighted by Crippen LogP contribution is 2.22. The molecule has 1 saturated heterocycles. The van der Waals surface area contributed by atoms with E-state index in [2.05, 4.69) is 42.2 Å². The van der Waals surface area contributed by atoms with Gasteiger partial charge in [-0.2, -0.15) is 0 Å². The number of hydrogen-bond acceptors (Lipinski definition) is 3. The molecule has 0 bridgehead atoms. The summed E-state index contributed by atoms with van der Waals surface area (Å²) in [5.41, 5.74) is 1.39. The van der Waals surface area contributed by atoms with Crippen molar-refractivity contribution in [2.75, 3.05) is 25.4 Å². The second-order valence-corrected chi connectivity index (χ2v) is 8.66. The van der Waals surface area contributed by atoms with Gasteiger partial charge in [0.25, 0.3) is 0 Å². The zero-order valence-electron chi connectivity index (χ0n) is 13.2. The monoisotopic (exact) mass is 309 g/mol. The lowest BCUT2D eigenvalue weighted by Crippen LogP contribution is -2.40. The molecule has 0 saturated carbocycles. The van der Waals surface area contributed by atoms with E-state index in [0.717, 1.165) is 38.9 Å². The highest BCUT2D eigenvalue weighted by molar-refractivity contribution is 7.92. The normalized spacial score (nSPS) is 19.5. The van der Waals surface area contributed by atoms with E-state index >= 15 is 0 Å². The molecule has 0 N–H and O–H groups in total. The van der Waals surface area contributed by atoms with Crippen molar-refractivity contribution in [3.8, 4) is 0 Å². The van der Waals surface area contributed by atoms with Gasteiger partial charge in [0, 0.05) is 5.75 Å². The predicted octanol–water partition coefficient (Wildman–Crippen LogP) is 3.08. The maximum Gasteiger partial charge on any atom is 0.152 e. The minimum absolute atomic E-state index is 0.106. The van der Waals surface area contributed by atoms with Crippen LogP contribution in [0.4, 0.5) is 0 Å². The van der Waals surface area contributed by atoms with Crippen LogP contribution in [0.3, 0.4) is 0 Å². The molecule has 21 heavy (non-hydrogen) atoms. The number of piperidine rings is 1. The summed E-state index contributed by atoms with van der Waals surface area (Å²) >= 11 is 0. The molecular formula is C17H27NO2S. The lowest BCUT2D eigenvalue weighted by atomic mass is 9.97. The first-order chi connectivity index (χ1) is 10.0. The van der Waals surface area contributed by atoms with Crippen molar-refractivity contribution in [1.82, 2.24) is 4.90 Å². The number of rotatable bonds is 6. The zero-order chi connectivity index (χ0) is 15.3. The van der Waals surface area contributed by atoms with E-state index in [9.17, 15) is 8.42 Å². The Morgan fingerprint density at radius 1 is 1.19 bits per heavy atom. The fourth-order valence-electron chi connectivity index (χ4n) is 3.05. The Labute approximate surface area is 129 Å². The van der Waals surface area contributed by atoms with Crippen LogP contribution in [0.25, 0.3) is 0 Å². The van der Waals surface area contributed by atoms with Gasteiger partial charge in [0.15, 0.2) is 9.84 Å². The Hall–Kier alpha value is -0.870. The van der Waals surface area contributed by atoms with Crippen LogP contribution in [0.1, 0.15) is 44.6 Å². The predicted molar refractivity (Wildman–Crippen MR) is 88.4 cm³/mol. The van der Waals surface area contributed by atoms with Gasteiger partial charge >= 0.3 is 0 Å². The zero-order valence-corrected chi connectivity index (χ0v) is 14.0. The van der Waals surface area contributed by atoms with E-state index in [4.69, 9.17) is 0 Å². The molecule has 1 aliphatic rings. The van der Waals surface area contributed by atoms with Gasteiger partial charge in [-0.05, 0) is 50.4 Å². The SMILES string of the molecule is CCS(=O)(=O)C1CCN(CC[C@H](C)c2ccccc2)CC1. The van der Waals surface area contributed by atoms with Crippen LogP contribution in [-0.2, 0) is 9.84 Å². The number of nitrogens with zero attached hydrogens (tertiary/aromatic N) is 1. The first-order valence-corrected chi connectivity index (χ1v) is 9.73. The quantitative estimate of drug-likeness (QED) is 0.810. The minimum Gasteiger partial charge on any atom is -0.303 e. The van der Waals surface area contributed by atoms with Crippen molar-refractivity contribution >= 4 is 9.84 Å². The van der Waals surface area contributed by atoms with Crippen LogP contribution in [0.5, 0.6) is 0 Å². The first-order valence-electron chi connectivity index (χ1n) is 8.01. The van der Waals surface area contributed by atoms with E-state index < -0.39 is 9.84 Å². The third kappa shape index (κ3) is 4.55. The summed E-state index contributed by atoms with van der Waals surface area (Å²) in [6, 6.07) is 10.6. The van der Waals surface area contributed by atoms with E-state index in [1.807, 2.05) is 0 Å². The average Bonchev–Trinajstić information content (AvgIpc) is 2.54. The van der Waals surface area contributed by atoms with E-state index in [0.29, 0.717) is 5.92 Å². The molecule has 1 aliphatic heterocycles. The Balaban J connectivity index is 1.77. The maximum atomic E-state index is 11.9. The smallest absolute Gasteiger partial charge is 0.152 e. The number of benzene rings is 1. The molecule has 0 radical (unpaired) electrons. The van der Waals surface area contributed by atoms with Gasteiger partial charge in [0.05, 0.1) is 5.25 Å². The summed E-state index contributed by atoms with van der Waals surface area (Å²) < 4.78 is 23.8. The summed E-state index contributed by atoms with van der Waals surface area (Å²) in [5.74, 6) is 0.839. The third-order valence-electron chi connectivity index (χ3n) is 4.69. The molecule has 1 aromatic rings. The average molecular weight is 309 g/mol. The van der Waals surface area contributed by atoms with Crippen molar-refractivity contribution in [2.45, 2.75) is 44.3 Å². The minimum atomic E-state index is -2.85. The molecule has 1 fully saturated rings. The third-order valence-corrected chi connectivity index (χ3v) is 6.98. The van der Waals surface area contributed by atoms with Gasteiger partial charge in [-0.1, -0.05) is 44.2 Å². The second kappa shape index (κ2) is 7.41. The van der Waals surface area contributed by atoms with E-state index in [-0.39, 0.29) is 11.0 Å². The van der Waals surface area contributed by atoms with E-state index in [1.54, 1.807) is 6.92 Å². The lowest BCUT2D eigenvalue weighted by molar-refractivity contribution is 0.223. The summed E-state index contributed by atoms with van der Waals surface area (Å²) in [6.45, 7) is 6.93. The second-order valence-electron chi connectivity index (χ2n) is 6.09. The fraction of sp³-hybridized carbons (Fsp3) is 0.647. The molecule has 0 aliphatic carbocycles. The molecule has 4 heteroatoms. The van der Waals surface area contributed by atoms with Crippen LogP contribution < -0.4 is 0 Å². The molecule has 1 aromatic carbocycles. The molecule has 118 valence electrons. The van der Waals surface area contributed by atoms with Crippen molar-refractivity contribution in [3.05, 3.63) is 35.9 Å². The summed E-state index contributed by atoms with van der Waals surface area (Å²) in [7, 11) is -2.85. The van der Waals surface area contributed by atoms with Crippen LogP contribution in [0.15, 0.2) is 30.3 Å². The number of hydrogen-bond donors (Lipinski definition) is 0. The lowest BCUT2D eigenvalue weighted by Gasteiger charge is -2.32. The Bertz CT molecular complexity index is 519. The Morgan fingerprint density at radius 3 is 2.38 bits per heavy atom. The van der Waals surface area contributed by atoms with Crippen LogP contribution in [-0.4, -0.2) is 44.0 Å². The molecule has 0 aromatic heterocycles. The molecule has 1 heterocycles.